The molecule has 0 bridgehead atoms. The Morgan fingerprint density at radius 3 is 2.06 bits per heavy atom. The van der Waals surface area contributed by atoms with Gasteiger partial charge in [-0.25, -0.2) is 4.99 Å². The van der Waals surface area contributed by atoms with Crippen LogP contribution >= 0.6 is 20.2 Å². The molecule has 2 aromatic carbocycles. The van der Waals surface area contributed by atoms with Crippen molar-refractivity contribution < 1.29 is 13.1 Å². The van der Waals surface area contributed by atoms with E-state index in [0.717, 1.165) is 40.6 Å². The number of hydrogen-bond acceptors (Lipinski definition) is 3. The summed E-state index contributed by atoms with van der Waals surface area (Å²) in [5.41, 5.74) is 8.34. The van der Waals surface area contributed by atoms with Gasteiger partial charge in [-0.2, -0.15) is 0 Å². The molecule has 2 aromatic rings. The van der Waals surface area contributed by atoms with Crippen molar-refractivity contribution in [3.05, 3.63) is 71.4 Å². The third kappa shape index (κ3) is 7.43. The second-order valence-corrected chi connectivity index (χ2v) is 10.2. The van der Waals surface area contributed by atoms with Crippen LogP contribution in [-0.4, -0.2) is 17.1 Å². The Morgan fingerprint density at radius 1 is 0.903 bits per heavy atom. The van der Waals surface area contributed by atoms with Crippen molar-refractivity contribution in [1.82, 2.24) is 0 Å². The predicted octanol–water partition coefficient (Wildman–Crippen LogP) is 8.28. The van der Waals surface area contributed by atoms with E-state index >= 15 is 0 Å². The summed E-state index contributed by atoms with van der Waals surface area (Å²) in [5, 5.41) is 0. The Kier molecular flexibility index (Phi) is 9.71. The molecule has 0 radical (unpaired) electrons. The van der Waals surface area contributed by atoms with Crippen LogP contribution in [0.4, 0.5) is 11.4 Å². The Bertz CT molecular complexity index is 1030. The van der Waals surface area contributed by atoms with E-state index < -0.39 is 0 Å². The van der Waals surface area contributed by atoms with Crippen molar-refractivity contribution in [3.8, 4) is 0 Å². The number of hydrogen-bond donors (Lipinski definition) is 0. The van der Waals surface area contributed by atoms with Gasteiger partial charge in [0.15, 0.2) is 0 Å². The minimum atomic E-state index is 0.0536. The summed E-state index contributed by atoms with van der Waals surface area (Å²) in [7, 11) is 9.53. The summed E-state index contributed by atoms with van der Waals surface area (Å²) in [4.78, 5) is 14.5. The van der Waals surface area contributed by atoms with E-state index in [1.165, 1.54) is 11.1 Å². The molecule has 0 N–H and O–H groups in total. The van der Waals surface area contributed by atoms with Crippen LogP contribution in [-0.2, 0) is 18.5 Å². The molecule has 1 heterocycles. The van der Waals surface area contributed by atoms with Crippen molar-refractivity contribution in [3.63, 3.8) is 0 Å². The van der Waals surface area contributed by atoms with E-state index in [1.54, 1.807) is 0 Å². The van der Waals surface area contributed by atoms with Crippen molar-refractivity contribution in [2.45, 2.75) is 53.4 Å². The molecule has 6 heteroatoms. The van der Waals surface area contributed by atoms with E-state index in [9.17, 15) is 0 Å². The first kappa shape index (κ1) is 25.5. The van der Waals surface area contributed by atoms with Gasteiger partial charge in [0.2, 0.25) is 0 Å². The molecule has 0 unspecified atom stereocenters. The quantitative estimate of drug-likeness (QED) is 0.301. The van der Waals surface area contributed by atoms with Crippen molar-refractivity contribution in [1.29, 1.82) is 0 Å². The zero-order chi connectivity index (χ0) is 23.0. The summed E-state index contributed by atoms with van der Waals surface area (Å²) in [6.07, 6.45) is 2.93. The van der Waals surface area contributed by atoms with Crippen LogP contribution in [0.1, 0.15) is 52.2 Å². The molecule has 166 valence electrons. The number of para-hydroxylation sites is 2. The molecule has 3 nitrogen and oxygen atoms in total. The average molecular weight is 498 g/mol. The van der Waals surface area contributed by atoms with E-state index in [-0.39, 0.29) is 18.5 Å². The monoisotopic (exact) mass is 497 g/mol. The third-order valence-corrected chi connectivity index (χ3v) is 4.94. The predicted molar refractivity (Wildman–Crippen MR) is 134 cm³/mol. The Balaban J connectivity index is 0.00000107. The molecule has 0 atom stereocenters. The maximum absolute atomic E-state index is 4.91. The van der Waals surface area contributed by atoms with Gasteiger partial charge in [-0.05, 0) is 49.4 Å². The van der Waals surface area contributed by atoms with E-state index in [0.29, 0.717) is 0 Å². The number of aryl methyl sites for hydroxylation is 1. The zero-order valence-electron chi connectivity index (χ0n) is 18.9. The fourth-order valence-corrected chi connectivity index (χ4v) is 3.26. The van der Waals surface area contributed by atoms with Gasteiger partial charge < -0.3 is 0 Å². The molecule has 0 aliphatic carbocycles. The topological polar surface area (TPSA) is 37.1 Å². The molecule has 0 amide bonds. The SMILES string of the molecule is CC(=Nc1ccccc1C)C1=CCC(C(C)=Nc2ccccc2C(C)(C)C)=N1.[Cl][Fe][Cl]. The molecule has 0 fully saturated rings. The second-order valence-electron chi connectivity index (χ2n) is 8.35. The van der Waals surface area contributed by atoms with Gasteiger partial charge in [-0.15, -0.1) is 0 Å². The molecule has 0 saturated heterocycles. The summed E-state index contributed by atoms with van der Waals surface area (Å²) >= 11 is 0.194. The van der Waals surface area contributed by atoms with Gasteiger partial charge >= 0.3 is 33.3 Å². The summed E-state index contributed by atoms with van der Waals surface area (Å²) in [6, 6.07) is 16.5. The number of halogens is 2. The molecule has 31 heavy (non-hydrogen) atoms. The van der Waals surface area contributed by atoms with Crippen molar-refractivity contribution in [2.24, 2.45) is 15.0 Å². The van der Waals surface area contributed by atoms with Crippen LogP contribution in [0.25, 0.3) is 0 Å². The first-order chi connectivity index (χ1) is 14.7. The number of nitrogens with zero attached hydrogens (tertiary/aromatic N) is 3. The average Bonchev–Trinajstić information content (AvgIpc) is 3.20. The molecule has 3 rings (SSSR count). The number of aliphatic imine (C=N–C) groups is 3. The first-order valence-corrected chi connectivity index (χ1v) is 13.1. The molecule has 1 aliphatic heterocycles. The minimum absolute atomic E-state index is 0.0536. The van der Waals surface area contributed by atoms with Crippen LogP contribution in [0.3, 0.4) is 0 Å². The number of benzene rings is 2. The number of allylic oxidation sites excluding steroid dienone is 2. The second kappa shape index (κ2) is 11.8. The van der Waals surface area contributed by atoms with Crippen LogP contribution in [0.5, 0.6) is 0 Å². The molecule has 0 spiro atoms. The summed E-state index contributed by atoms with van der Waals surface area (Å²) in [6.45, 7) is 12.8. The normalized spacial score (nSPS) is 14.7. The van der Waals surface area contributed by atoms with Gasteiger partial charge in [0, 0.05) is 6.42 Å². The summed E-state index contributed by atoms with van der Waals surface area (Å²) < 4.78 is 0. The van der Waals surface area contributed by atoms with E-state index in [1.807, 2.05) is 38.1 Å². The van der Waals surface area contributed by atoms with Gasteiger partial charge in [0.1, 0.15) is 0 Å². The van der Waals surface area contributed by atoms with Crippen molar-refractivity contribution in [2.75, 3.05) is 0 Å². The Hall–Kier alpha value is -1.71. The van der Waals surface area contributed by atoms with Gasteiger partial charge in [0.25, 0.3) is 0 Å². The molecule has 1 aliphatic rings. The summed E-state index contributed by atoms with van der Waals surface area (Å²) in [5.74, 6) is 0. The first-order valence-electron chi connectivity index (χ1n) is 10.1. The van der Waals surface area contributed by atoms with Crippen molar-refractivity contribution >= 4 is 48.7 Å². The van der Waals surface area contributed by atoms with E-state index in [4.69, 9.17) is 35.2 Å². The van der Waals surface area contributed by atoms with Gasteiger partial charge in [0.05, 0.1) is 34.2 Å². The standard InChI is InChI=1S/C25H29N3.2ClH.Fe/c1-17-11-7-9-13-21(17)26-18(2)22-15-16-23(28-22)19(3)27-24-14-10-8-12-20(24)25(4,5)6;;;/h7-15H,16H2,1-6H3;2*1H;/q;;;+2/p-2. The third-order valence-electron chi connectivity index (χ3n) is 4.94. The van der Waals surface area contributed by atoms with Gasteiger partial charge in [-0.3, -0.25) is 9.98 Å². The molecule has 0 saturated carbocycles. The van der Waals surface area contributed by atoms with Crippen LogP contribution in [0.15, 0.2) is 75.3 Å². The Labute approximate surface area is 201 Å². The molecule has 0 aromatic heterocycles. The number of rotatable bonds is 4. The Morgan fingerprint density at radius 2 is 1.45 bits per heavy atom. The zero-order valence-corrected chi connectivity index (χ0v) is 21.5. The van der Waals surface area contributed by atoms with E-state index in [2.05, 4.69) is 58.0 Å². The van der Waals surface area contributed by atoms with Crippen LogP contribution in [0.2, 0.25) is 0 Å². The van der Waals surface area contributed by atoms with Crippen LogP contribution < -0.4 is 0 Å². The van der Waals surface area contributed by atoms with Gasteiger partial charge in [-0.1, -0.05) is 63.2 Å². The molecular weight excluding hydrogens is 469 g/mol. The molecular formula is C25H29Cl2FeN3. The van der Waals surface area contributed by atoms with Crippen LogP contribution in [0, 0.1) is 6.92 Å². The fraction of sp³-hybridized carbons (Fsp3) is 0.320. The fourth-order valence-electron chi connectivity index (χ4n) is 3.26. The maximum atomic E-state index is 4.91.